The van der Waals surface area contributed by atoms with Gasteiger partial charge in [0.05, 0.1) is 6.57 Å². The Balaban J connectivity index is 3.20. The van der Waals surface area contributed by atoms with Crippen LogP contribution in [0.4, 0.5) is 5.69 Å². The highest BCUT2D eigenvalue weighted by molar-refractivity contribution is 9.10. The summed E-state index contributed by atoms with van der Waals surface area (Å²) in [5, 5.41) is 0. The van der Waals surface area contributed by atoms with E-state index in [1.165, 1.54) is 0 Å². The molecule has 0 aliphatic rings. The molecule has 1 aromatic carbocycles. The van der Waals surface area contributed by atoms with Crippen LogP contribution in [0.2, 0.25) is 0 Å². The van der Waals surface area contributed by atoms with Gasteiger partial charge >= 0.3 is 0 Å². The largest absolute Gasteiger partial charge is 0.238 e. The van der Waals surface area contributed by atoms with Crippen molar-refractivity contribution in [3.05, 3.63) is 34.1 Å². The number of rotatable bonds is 0. The average molecular weight is 214 g/mol. The second kappa shape index (κ2) is 3.09. The number of halogens is 1. The molecule has 0 fully saturated rings. The molecule has 3 heteroatoms. The predicted octanol–water partition coefficient (Wildman–Crippen LogP) is 3.29. The molecule has 0 bridgehead atoms. The molecule has 0 saturated carbocycles. The van der Waals surface area contributed by atoms with Crippen molar-refractivity contribution in [1.82, 2.24) is 0 Å². The Morgan fingerprint density at radius 3 is 2.70 bits per heavy atom. The lowest BCUT2D eigenvalue weighted by Gasteiger charge is -1.94. The third-order valence-electron chi connectivity index (χ3n) is 1.06. The zero-order chi connectivity index (χ0) is 7.56. The fourth-order valence-electron chi connectivity index (χ4n) is 0.565. The Morgan fingerprint density at radius 1 is 1.50 bits per heavy atom. The number of nitrogens with zero attached hydrogens (tertiary/aromatic N) is 1. The minimum absolute atomic E-state index is 0.629. The van der Waals surface area contributed by atoms with Crippen molar-refractivity contribution in [1.29, 1.82) is 0 Å². The summed E-state index contributed by atoms with van der Waals surface area (Å²) >= 11 is 7.40. The average Bonchev–Trinajstić information content (AvgIpc) is 1.95. The van der Waals surface area contributed by atoms with Crippen molar-refractivity contribution in [3.63, 3.8) is 0 Å². The third kappa shape index (κ3) is 1.53. The normalized spacial score (nSPS) is 8.90. The van der Waals surface area contributed by atoms with Crippen LogP contribution in [0.1, 0.15) is 0 Å². The van der Waals surface area contributed by atoms with E-state index in [0.717, 1.165) is 9.37 Å². The molecule has 0 radical (unpaired) electrons. The summed E-state index contributed by atoms with van der Waals surface area (Å²) in [6, 6.07) is 5.27. The first-order valence-corrected chi connectivity index (χ1v) is 3.84. The monoisotopic (exact) mass is 213 g/mol. The predicted molar refractivity (Wildman–Crippen MR) is 47.7 cm³/mol. The second-order valence-electron chi connectivity index (χ2n) is 1.75. The van der Waals surface area contributed by atoms with E-state index < -0.39 is 0 Å². The maximum atomic E-state index is 6.69. The molecule has 1 nitrogen and oxygen atoms in total. The highest BCUT2D eigenvalue weighted by Gasteiger charge is 1.95. The Bertz CT molecular complexity index is 290. The number of thiol groups is 1. The van der Waals surface area contributed by atoms with Crippen LogP contribution in [0, 0.1) is 6.57 Å². The first kappa shape index (κ1) is 7.64. The SMILES string of the molecule is [C-]#[N+]c1ccc(S)c(Br)c1. The van der Waals surface area contributed by atoms with Gasteiger partial charge in [-0.05, 0) is 6.07 Å². The second-order valence-corrected chi connectivity index (χ2v) is 3.08. The van der Waals surface area contributed by atoms with Gasteiger partial charge in [-0.2, -0.15) is 0 Å². The summed E-state index contributed by atoms with van der Waals surface area (Å²) in [5.41, 5.74) is 0.629. The minimum atomic E-state index is 0.629. The summed E-state index contributed by atoms with van der Waals surface area (Å²) < 4.78 is 0.865. The molecule has 10 heavy (non-hydrogen) atoms. The lowest BCUT2D eigenvalue weighted by molar-refractivity contribution is 1.43. The molecule has 1 rings (SSSR count). The fraction of sp³-hybridized carbons (Fsp3) is 0. The summed E-state index contributed by atoms with van der Waals surface area (Å²) in [6.07, 6.45) is 0. The van der Waals surface area contributed by atoms with Crippen LogP contribution in [0.25, 0.3) is 4.85 Å². The van der Waals surface area contributed by atoms with E-state index in [4.69, 9.17) is 6.57 Å². The molecule has 0 spiro atoms. The van der Waals surface area contributed by atoms with Crippen LogP contribution in [-0.4, -0.2) is 0 Å². The molecule has 0 aliphatic heterocycles. The zero-order valence-electron chi connectivity index (χ0n) is 5.00. The summed E-state index contributed by atoms with van der Waals surface area (Å²) in [6.45, 7) is 6.69. The quantitative estimate of drug-likeness (QED) is 0.499. The zero-order valence-corrected chi connectivity index (χ0v) is 7.48. The van der Waals surface area contributed by atoms with E-state index in [1.807, 2.05) is 0 Å². The van der Waals surface area contributed by atoms with Crippen LogP contribution in [0.3, 0.4) is 0 Å². The van der Waals surface area contributed by atoms with E-state index in [2.05, 4.69) is 33.4 Å². The van der Waals surface area contributed by atoms with Gasteiger partial charge in [0.1, 0.15) is 0 Å². The van der Waals surface area contributed by atoms with Crippen molar-refractivity contribution < 1.29 is 0 Å². The maximum Gasteiger partial charge on any atom is 0.188 e. The Morgan fingerprint density at radius 2 is 2.20 bits per heavy atom. The van der Waals surface area contributed by atoms with Crippen molar-refractivity contribution in [2.45, 2.75) is 4.90 Å². The number of hydrogen-bond donors (Lipinski definition) is 1. The summed E-state index contributed by atoms with van der Waals surface area (Å²) in [5.74, 6) is 0. The molecule has 50 valence electrons. The van der Waals surface area contributed by atoms with Crippen LogP contribution >= 0.6 is 28.6 Å². The summed E-state index contributed by atoms with van der Waals surface area (Å²) in [4.78, 5) is 4.11. The van der Waals surface area contributed by atoms with Crippen molar-refractivity contribution >= 4 is 34.2 Å². The van der Waals surface area contributed by atoms with Gasteiger partial charge in [-0.3, -0.25) is 0 Å². The molecule has 0 heterocycles. The molecule has 0 aliphatic carbocycles. The van der Waals surface area contributed by atoms with Crippen LogP contribution in [-0.2, 0) is 0 Å². The number of benzene rings is 1. The Hall–Kier alpha value is -0.460. The molecule has 0 atom stereocenters. The van der Waals surface area contributed by atoms with Crippen LogP contribution in [0.15, 0.2) is 27.6 Å². The molecule has 0 unspecified atom stereocenters. The Kier molecular flexibility index (Phi) is 2.36. The van der Waals surface area contributed by atoms with E-state index in [1.54, 1.807) is 18.2 Å². The fourth-order valence-corrected chi connectivity index (χ4v) is 1.07. The van der Waals surface area contributed by atoms with Gasteiger partial charge < -0.3 is 0 Å². The lowest BCUT2D eigenvalue weighted by Crippen LogP contribution is -1.67. The molecule has 0 N–H and O–H groups in total. The molecule has 1 aromatic rings. The molecular formula is C7H4BrNS. The standard InChI is InChI=1S/C7H4BrNS/c1-9-5-2-3-7(10)6(8)4-5/h2-4,10H. The first-order chi connectivity index (χ1) is 4.74. The maximum absolute atomic E-state index is 6.69. The molecular weight excluding hydrogens is 210 g/mol. The van der Waals surface area contributed by atoms with E-state index in [-0.39, 0.29) is 0 Å². The van der Waals surface area contributed by atoms with Gasteiger partial charge in [0.25, 0.3) is 0 Å². The molecule has 0 saturated heterocycles. The van der Waals surface area contributed by atoms with Crippen molar-refractivity contribution in [2.75, 3.05) is 0 Å². The highest BCUT2D eigenvalue weighted by Crippen LogP contribution is 2.25. The third-order valence-corrected chi connectivity index (χ3v) is 2.41. The van der Waals surface area contributed by atoms with Gasteiger partial charge in [0.2, 0.25) is 0 Å². The van der Waals surface area contributed by atoms with Crippen LogP contribution < -0.4 is 0 Å². The topological polar surface area (TPSA) is 4.36 Å². The van der Waals surface area contributed by atoms with Gasteiger partial charge in [0, 0.05) is 9.37 Å². The van der Waals surface area contributed by atoms with E-state index >= 15 is 0 Å². The van der Waals surface area contributed by atoms with Gasteiger partial charge in [-0.1, -0.05) is 28.1 Å². The lowest BCUT2D eigenvalue weighted by atomic mass is 10.3. The van der Waals surface area contributed by atoms with Crippen LogP contribution in [0.5, 0.6) is 0 Å². The van der Waals surface area contributed by atoms with Gasteiger partial charge in [-0.15, -0.1) is 12.6 Å². The first-order valence-electron chi connectivity index (χ1n) is 2.60. The molecule has 0 aromatic heterocycles. The Labute approximate surface area is 73.4 Å². The van der Waals surface area contributed by atoms with E-state index in [9.17, 15) is 0 Å². The van der Waals surface area contributed by atoms with Gasteiger partial charge in [0.15, 0.2) is 5.69 Å². The van der Waals surface area contributed by atoms with Gasteiger partial charge in [-0.25, -0.2) is 4.85 Å². The minimum Gasteiger partial charge on any atom is -0.238 e. The highest BCUT2D eigenvalue weighted by atomic mass is 79.9. The van der Waals surface area contributed by atoms with E-state index in [0.29, 0.717) is 5.69 Å². The van der Waals surface area contributed by atoms with Crippen molar-refractivity contribution in [2.24, 2.45) is 0 Å². The smallest absolute Gasteiger partial charge is 0.188 e. The molecule has 0 amide bonds. The number of hydrogen-bond acceptors (Lipinski definition) is 1. The van der Waals surface area contributed by atoms with Crippen molar-refractivity contribution in [3.8, 4) is 0 Å². The summed E-state index contributed by atoms with van der Waals surface area (Å²) in [7, 11) is 0.